The molecule has 4 heterocycles. The summed E-state index contributed by atoms with van der Waals surface area (Å²) < 4.78 is 26.9. The van der Waals surface area contributed by atoms with Crippen LogP contribution in [0.5, 0.6) is 11.5 Å². The number of benzene rings is 3. The van der Waals surface area contributed by atoms with Crippen LogP contribution in [-0.2, 0) is 4.57 Å². The lowest BCUT2D eigenvalue weighted by atomic mass is 9.73. The zero-order chi connectivity index (χ0) is 26.0. The number of fused-ring (bicyclic) bond motifs is 4. The van der Waals surface area contributed by atoms with Gasteiger partial charge < -0.3 is 9.05 Å². The molecule has 38 heavy (non-hydrogen) atoms. The average molecular weight is 526 g/mol. The average Bonchev–Trinajstić information content (AvgIpc) is 2.97. The number of piperidine rings is 3. The Bertz CT molecular complexity index is 1400. The lowest BCUT2D eigenvalue weighted by Gasteiger charge is -2.52. The lowest BCUT2D eigenvalue weighted by Crippen LogP contribution is -2.56. The van der Waals surface area contributed by atoms with Gasteiger partial charge in [-0.25, -0.2) is 4.57 Å². The number of rotatable bonds is 9. The number of nitrogens with zero attached hydrogens (tertiary/aromatic N) is 2. The molecule has 4 aromatic rings. The Hall–Kier alpha value is -3.44. The molecule has 7 heteroatoms. The highest BCUT2D eigenvalue weighted by atomic mass is 31.2. The smallest absolute Gasteiger partial charge is 0.405 e. The number of hydrogen-bond donors (Lipinski definition) is 1. The number of para-hydroxylation sites is 3. The Morgan fingerprint density at radius 2 is 1.61 bits per heavy atom. The minimum atomic E-state index is -3.89. The van der Waals surface area contributed by atoms with E-state index in [2.05, 4.69) is 33.7 Å². The van der Waals surface area contributed by atoms with E-state index in [1.165, 1.54) is 0 Å². The molecular weight excluding hydrogens is 493 g/mol. The predicted octanol–water partition coefficient (Wildman–Crippen LogP) is 7.03. The molecule has 3 aliphatic rings. The van der Waals surface area contributed by atoms with Crippen LogP contribution in [0.15, 0.2) is 110 Å². The van der Waals surface area contributed by atoms with Gasteiger partial charge in [0.1, 0.15) is 11.5 Å². The summed E-state index contributed by atoms with van der Waals surface area (Å²) in [4.78, 5) is 7.10. The first kappa shape index (κ1) is 24.9. The van der Waals surface area contributed by atoms with Crippen LogP contribution in [0.25, 0.3) is 10.9 Å². The van der Waals surface area contributed by atoms with Gasteiger partial charge in [-0.15, -0.1) is 6.58 Å². The molecule has 3 aromatic carbocycles. The standard InChI is InChI=1S/C31H32N3O3P/c1-2-23-22-34-20-18-24(23)21-30(34)31(28-17-19-32-29-16-10-9-15-27(28)29)33-38(35,36-25-11-5-3-6-12-25)37-26-13-7-4-8-14-26/h2-17,19,23-24,30-31H,1,18,20-22H2,(H,33,35)/t23-,24-,30+,31-/m0/s1. The number of pyridine rings is 1. The van der Waals surface area contributed by atoms with Crippen LogP contribution in [0.1, 0.15) is 24.4 Å². The summed E-state index contributed by atoms with van der Waals surface area (Å²) in [5.74, 6) is 1.98. The topological polar surface area (TPSA) is 63.7 Å². The summed E-state index contributed by atoms with van der Waals surface area (Å²) in [5, 5.41) is 4.47. The SMILES string of the molecule is C=C[C@H]1CN2CC[C@H]1C[C@@H]2[C@@H](NP(=O)(Oc1ccccc1)Oc1ccccc1)c1ccnc2ccccc12. The van der Waals surface area contributed by atoms with Crippen LogP contribution in [0.2, 0.25) is 0 Å². The normalized spacial score (nSPS) is 23.6. The third-order valence-electron chi connectivity index (χ3n) is 7.79. The molecule has 0 radical (unpaired) electrons. The van der Waals surface area contributed by atoms with Crippen molar-refractivity contribution in [1.29, 1.82) is 0 Å². The Labute approximate surface area is 223 Å². The summed E-state index contributed by atoms with van der Waals surface area (Å²) in [6.45, 7) is 6.04. The summed E-state index contributed by atoms with van der Waals surface area (Å²) >= 11 is 0. The molecule has 6 nitrogen and oxygen atoms in total. The van der Waals surface area contributed by atoms with Gasteiger partial charge >= 0.3 is 7.75 Å². The highest BCUT2D eigenvalue weighted by Gasteiger charge is 2.46. The van der Waals surface area contributed by atoms with E-state index >= 15 is 0 Å². The Morgan fingerprint density at radius 1 is 0.947 bits per heavy atom. The van der Waals surface area contributed by atoms with Crippen molar-refractivity contribution in [3.05, 3.63) is 115 Å². The third kappa shape index (κ3) is 5.12. The van der Waals surface area contributed by atoms with Gasteiger partial charge in [0.2, 0.25) is 0 Å². The van der Waals surface area contributed by atoms with E-state index in [4.69, 9.17) is 9.05 Å². The fourth-order valence-corrected chi connectivity index (χ4v) is 7.55. The van der Waals surface area contributed by atoms with E-state index in [1.54, 1.807) is 24.3 Å². The van der Waals surface area contributed by atoms with Crippen molar-refractivity contribution in [3.8, 4) is 11.5 Å². The van der Waals surface area contributed by atoms with Gasteiger partial charge in [-0.05, 0) is 73.2 Å². The first-order valence-corrected chi connectivity index (χ1v) is 14.7. The first-order valence-electron chi connectivity index (χ1n) is 13.2. The Kier molecular flexibility index (Phi) is 7.03. The Morgan fingerprint density at radius 3 is 2.24 bits per heavy atom. The van der Waals surface area contributed by atoms with Crippen molar-refractivity contribution in [3.63, 3.8) is 0 Å². The third-order valence-corrected chi connectivity index (χ3v) is 9.29. The molecule has 1 aromatic heterocycles. The molecule has 0 saturated carbocycles. The molecule has 3 saturated heterocycles. The highest BCUT2D eigenvalue weighted by molar-refractivity contribution is 7.52. The van der Waals surface area contributed by atoms with Crippen molar-refractivity contribution < 1.29 is 13.6 Å². The maximum Gasteiger partial charge on any atom is 0.513 e. The summed E-state index contributed by atoms with van der Waals surface area (Å²) in [5.41, 5.74) is 1.94. The zero-order valence-electron chi connectivity index (χ0n) is 21.2. The predicted molar refractivity (Wildman–Crippen MR) is 151 cm³/mol. The maximum absolute atomic E-state index is 14.6. The molecule has 0 amide bonds. The van der Waals surface area contributed by atoms with Crippen molar-refractivity contribution in [2.24, 2.45) is 11.8 Å². The largest absolute Gasteiger partial charge is 0.513 e. The number of nitrogens with one attached hydrogen (secondary N) is 1. The van der Waals surface area contributed by atoms with Gasteiger partial charge in [0, 0.05) is 24.2 Å². The van der Waals surface area contributed by atoms with Gasteiger partial charge in [-0.1, -0.05) is 60.7 Å². The summed E-state index contributed by atoms with van der Waals surface area (Å²) in [7, 11) is -3.89. The molecule has 194 valence electrons. The lowest BCUT2D eigenvalue weighted by molar-refractivity contribution is 0.00399. The van der Waals surface area contributed by atoms with Crippen LogP contribution >= 0.6 is 7.75 Å². The van der Waals surface area contributed by atoms with Crippen LogP contribution < -0.4 is 14.1 Å². The maximum atomic E-state index is 14.6. The van der Waals surface area contributed by atoms with Crippen molar-refractivity contribution in [1.82, 2.24) is 15.0 Å². The monoisotopic (exact) mass is 525 g/mol. The van der Waals surface area contributed by atoms with Gasteiger partial charge in [-0.3, -0.25) is 9.88 Å². The van der Waals surface area contributed by atoms with E-state index in [9.17, 15) is 4.57 Å². The minimum absolute atomic E-state index is 0.114. The van der Waals surface area contributed by atoms with Crippen molar-refractivity contribution >= 4 is 18.6 Å². The molecular formula is C31H32N3O3P. The first-order chi connectivity index (χ1) is 18.6. The fourth-order valence-electron chi connectivity index (χ4n) is 5.96. The molecule has 3 aliphatic heterocycles. The van der Waals surface area contributed by atoms with Crippen molar-refractivity contribution in [2.45, 2.75) is 24.9 Å². The summed E-state index contributed by atoms with van der Waals surface area (Å²) in [6, 6.07) is 28.3. The van der Waals surface area contributed by atoms with E-state index < -0.39 is 7.75 Å². The molecule has 0 spiro atoms. The second-order valence-corrected chi connectivity index (χ2v) is 11.7. The van der Waals surface area contributed by atoms with Crippen molar-refractivity contribution in [2.75, 3.05) is 13.1 Å². The van der Waals surface area contributed by atoms with Gasteiger partial charge in [0.25, 0.3) is 0 Å². The van der Waals surface area contributed by atoms with Crippen LogP contribution in [0.4, 0.5) is 0 Å². The molecule has 1 N–H and O–H groups in total. The number of hydrogen-bond acceptors (Lipinski definition) is 5. The molecule has 0 aliphatic carbocycles. The summed E-state index contributed by atoms with van der Waals surface area (Å²) in [6.07, 6.45) is 6.05. The van der Waals surface area contributed by atoms with Crippen LogP contribution in [0.3, 0.4) is 0 Å². The Balaban J connectivity index is 1.43. The van der Waals surface area contributed by atoms with E-state index in [0.29, 0.717) is 23.3 Å². The number of aromatic nitrogens is 1. The fraction of sp³-hybridized carbons (Fsp3) is 0.258. The van der Waals surface area contributed by atoms with Crippen LogP contribution in [-0.4, -0.2) is 29.0 Å². The molecule has 3 fully saturated rings. The van der Waals surface area contributed by atoms with Gasteiger partial charge in [0.05, 0.1) is 11.6 Å². The minimum Gasteiger partial charge on any atom is -0.405 e. The van der Waals surface area contributed by atoms with E-state index in [1.807, 2.05) is 66.9 Å². The molecule has 7 rings (SSSR count). The second kappa shape index (κ2) is 10.7. The van der Waals surface area contributed by atoms with E-state index in [0.717, 1.165) is 42.4 Å². The zero-order valence-corrected chi connectivity index (χ0v) is 22.1. The molecule has 1 unspecified atom stereocenters. The molecule has 2 bridgehead atoms. The quantitative estimate of drug-likeness (QED) is 0.187. The van der Waals surface area contributed by atoms with E-state index in [-0.39, 0.29) is 12.1 Å². The van der Waals surface area contributed by atoms with Gasteiger partial charge in [-0.2, -0.15) is 5.09 Å². The second-order valence-electron chi connectivity index (χ2n) is 10.1. The highest BCUT2D eigenvalue weighted by Crippen LogP contribution is 2.50. The van der Waals surface area contributed by atoms with Gasteiger partial charge in [0.15, 0.2) is 0 Å². The van der Waals surface area contributed by atoms with Crippen LogP contribution in [0, 0.1) is 11.8 Å². The molecule has 5 atom stereocenters.